The van der Waals surface area contributed by atoms with Gasteiger partial charge in [-0.3, -0.25) is 0 Å². The van der Waals surface area contributed by atoms with Crippen LogP contribution in [-0.2, 0) is 10.0 Å². The van der Waals surface area contributed by atoms with Gasteiger partial charge in [0, 0.05) is 20.0 Å². The van der Waals surface area contributed by atoms with E-state index in [0.29, 0.717) is 18.0 Å². The van der Waals surface area contributed by atoms with Gasteiger partial charge in [0.15, 0.2) is 0 Å². The van der Waals surface area contributed by atoms with Gasteiger partial charge in [-0.05, 0) is 6.92 Å². The fourth-order valence-corrected chi connectivity index (χ4v) is 1.53. The summed E-state index contributed by atoms with van der Waals surface area (Å²) in [4.78, 5) is 0.341. The normalized spacial score (nSPS) is 11.9. The molecule has 0 aliphatic rings. The number of rotatable bonds is 5. The molecule has 12 heavy (non-hydrogen) atoms. The average molecular weight is 210 g/mol. The van der Waals surface area contributed by atoms with Crippen LogP contribution >= 0.6 is 12.2 Å². The zero-order valence-corrected chi connectivity index (χ0v) is 8.91. The van der Waals surface area contributed by atoms with Gasteiger partial charge in [-0.2, -0.15) is 0 Å². The van der Waals surface area contributed by atoms with E-state index in [1.54, 1.807) is 6.92 Å². The van der Waals surface area contributed by atoms with Crippen LogP contribution in [0.3, 0.4) is 0 Å². The molecular weight excluding hydrogens is 196 g/mol. The van der Waals surface area contributed by atoms with E-state index in [9.17, 15) is 8.42 Å². The Bertz CT molecular complexity index is 248. The van der Waals surface area contributed by atoms with Crippen LogP contribution in [0.25, 0.3) is 0 Å². The second-order valence-electron chi connectivity index (χ2n) is 2.44. The molecule has 2 N–H and O–H groups in total. The lowest BCUT2D eigenvalue weighted by atomic mass is 10.4. The Kier molecular flexibility index (Phi) is 4.66. The summed E-state index contributed by atoms with van der Waals surface area (Å²) in [6.07, 6.45) is 0.436. The fourth-order valence-electron chi connectivity index (χ4n) is 0.627. The lowest BCUT2D eigenvalue weighted by Gasteiger charge is -2.14. The topological polar surface area (TPSA) is 63.4 Å². The predicted octanol–water partition coefficient (Wildman–Crippen LogP) is -0.0559. The van der Waals surface area contributed by atoms with Crippen LogP contribution in [0, 0.1) is 0 Å². The molecule has 0 aromatic rings. The quantitative estimate of drug-likeness (QED) is 0.646. The van der Waals surface area contributed by atoms with Crippen LogP contribution in [0.1, 0.15) is 13.3 Å². The number of sulfonamides is 1. The molecule has 0 saturated heterocycles. The monoisotopic (exact) mass is 210 g/mol. The van der Waals surface area contributed by atoms with E-state index in [4.69, 9.17) is 5.73 Å². The van der Waals surface area contributed by atoms with Crippen molar-refractivity contribution in [3.63, 3.8) is 0 Å². The molecule has 0 aromatic carbocycles. The highest BCUT2D eigenvalue weighted by Gasteiger charge is 2.14. The summed E-state index contributed by atoms with van der Waals surface area (Å²) in [7, 11) is -1.55. The van der Waals surface area contributed by atoms with Crippen molar-refractivity contribution in [2.24, 2.45) is 5.73 Å². The van der Waals surface area contributed by atoms with Crippen molar-refractivity contribution in [3.8, 4) is 0 Å². The molecule has 0 heterocycles. The third-order valence-electron chi connectivity index (χ3n) is 1.51. The molecule has 0 fully saturated rings. The largest absolute Gasteiger partial charge is 0.393 e. The van der Waals surface area contributed by atoms with Crippen molar-refractivity contribution in [2.45, 2.75) is 13.3 Å². The van der Waals surface area contributed by atoms with Crippen LogP contribution < -0.4 is 5.73 Å². The molecule has 0 rings (SSSR count). The van der Waals surface area contributed by atoms with Crippen LogP contribution in [0.5, 0.6) is 0 Å². The molecule has 4 nitrogen and oxygen atoms in total. The number of thiocarbonyl (C=S) groups is 1. The minimum Gasteiger partial charge on any atom is -0.393 e. The molecule has 0 radical (unpaired) electrons. The van der Waals surface area contributed by atoms with E-state index in [0.717, 1.165) is 0 Å². The van der Waals surface area contributed by atoms with Crippen molar-refractivity contribution < 1.29 is 8.42 Å². The molecule has 0 saturated carbocycles. The summed E-state index contributed by atoms with van der Waals surface area (Å²) < 4.78 is 23.6. The van der Waals surface area contributed by atoms with E-state index in [1.165, 1.54) is 11.4 Å². The first-order valence-corrected chi connectivity index (χ1v) is 5.64. The van der Waals surface area contributed by atoms with E-state index in [1.807, 2.05) is 0 Å². The van der Waals surface area contributed by atoms with Crippen molar-refractivity contribution in [1.82, 2.24) is 4.31 Å². The Morgan fingerprint density at radius 2 is 2.08 bits per heavy atom. The number of nitrogens with zero attached hydrogens (tertiary/aromatic N) is 1. The summed E-state index contributed by atoms with van der Waals surface area (Å²) >= 11 is 4.63. The maximum absolute atomic E-state index is 11.2. The highest BCUT2D eigenvalue weighted by Crippen LogP contribution is 1.98. The van der Waals surface area contributed by atoms with Crippen LogP contribution in [-0.4, -0.2) is 37.1 Å². The Hall–Kier alpha value is -0.200. The summed E-state index contributed by atoms with van der Waals surface area (Å²) in [5.41, 5.74) is 5.24. The smallest absolute Gasteiger partial charge is 0.213 e. The minimum absolute atomic E-state index is 0.112. The Labute approximate surface area is 78.8 Å². The summed E-state index contributed by atoms with van der Waals surface area (Å²) in [5.74, 6) is 0.112. The van der Waals surface area contributed by atoms with Crippen LogP contribution in [0.4, 0.5) is 0 Å². The van der Waals surface area contributed by atoms with Gasteiger partial charge in [0.2, 0.25) is 10.0 Å². The van der Waals surface area contributed by atoms with Gasteiger partial charge in [-0.25, -0.2) is 12.7 Å². The van der Waals surface area contributed by atoms with Gasteiger partial charge in [0.1, 0.15) is 0 Å². The van der Waals surface area contributed by atoms with Gasteiger partial charge in [-0.1, -0.05) is 12.2 Å². The third-order valence-corrected chi connectivity index (χ3v) is 3.58. The molecule has 0 atom stereocenters. The summed E-state index contributed by atoms with van der Waals surface area (Å²) in [6.45, 7) is 1.97. The maximum Gasteiger partial charge on any atom is 0.213 e. The molecule has 0 unspecified atom stereocenters. The molecule has 0 aliphatic carbocycles. The van der Waals surface area contributed by atoms with Gasteiger partial charge >= 0.3 is 0 Å². The summed E-state index contributed by atoms with van der Waals surface area (Å²) in [6, 6.07) is 0. The van der Waals surface area contributed by atoms with Crippen molar-refractivity contribution in [3.05, 3.63) is 0 Å². The van der Waals surface area contributed by atoms with Crippen molar-refractivity contribution in [2.75, 3.05) is 19.3 Å². The Balaban J connectivity index is 4.05. The predicted molar refractivity (Wildman–Crippen MR) is 53.5 cm³/mol. The van der Waals surface area contributed by atoms with Crippen LogP contribution in [0.15, 0.2) is 0 Å². The molecule has 0 aliphatic heterocycles. The SMILES string of the molecule is CCS(=O)(=O)N(C)CCC(N)=S. The molecular formula is C6H14N2O2S2. The number of nitrogens with two attached hydrogens (primary N) is 1. The molecule has 0 bridgehead atoms. The van der Waals surface area contributed by atoms with Gasteiger partial charge in [-0.15, -0.1) is 0 Å². The maximum atomic E-state index is 11.2. The van der Waals surface area contributed by atoms with Crippen molar-refractivity contribution >= 4 is 27.2 Å². The lowest BCUT2D eigenvalue weighted by Crippen LogP contribution is -2.31. The van der Waals surface area contributed by atoms with E-state index in [2.05, 4.69) is 12.2 Å². The zero-order chi connectivity index (χ0) is 9.78. The molecule has 0 spiro atoms. The first kappa shape index (κ1) is 11.8. The Morgan fingerprint density at radius 3 is 2.42 bits per heavy atom. The second-order valence-corrected chi connectivity index (χ2v) is 5.33. The first-order chi connectivity index (χ1) is 5.40. The molecule has 6 heteroatoms. The van der Waals surface area contributed by atoms with Crippen LogP contribution in [0.2, 0.25) is 0 Å². The number of hydrogen-bond donors (Lipinski definition) is 1. The van der Waals surface area contributed by atoms with Crippen molar-refractivity contribution in [1.29, 1.82) is 0 Å². The first-order valence-electron chi connectivity index (χ1n) is 3.62. The molecule has 0 amide bonds. The zero-order valence-electron chi connectivity index (χ0n) is 7.28. The van der Waals surface area contributed by atoms with Gasteiger partial charge < -0.3 is 5.73 Å². The van der Waals surface area contributed by atoms with E-state index >= 15 is 0 Å². The third kappa shape index (κ3) is 3.99. The van der Waals surface area contributed by atoms with E-state index < -0.39 is 10.0 Å². The lowest BCUT2D eigenvalue weighted by molar-refractivity contribution is 0.480. The number of hydrogen-bond acceptors (Lipinski definition) is 3. The second kappa shape index (κ2) is 4.74. The summed E-state index contributed by atoms with van der Waals surface area (Å²) in [5, 5.41) is 0. The average Bonchev–Trinajstić information content (AvgIpc) is 2.00. The molecule has 72 valence electrons. The highest BCUT2D eigenvalue weighted by atomic mass is 32.2. The minimum atomic E-state index is -3.08. The van der Waals surface area contributed by atoms with Gasteiger partial charge in [0.25, 0.3) is 0 Å². The molecule has 0 aromatic heterocycles. The van der Waals surface area contributed by atoms with E-state index in [-0.39, 0.29) is 5.75 Å². The highest BCUT2D eigenvalue weighted by molar-refractivity contribution is 7.89. The van der Waals surface area contributed by atoms with Gasteiger partial charge in [0.05, 0.1) is 10.7 Å². The fraction of sp³-hybridized carbons (Fsp3) is 0.833. The Morgan fingerprint density at radius 1 is 1.58 bits per heavy atom. The standard InChI is InChI=1S/C6H14N2O2S2/c1-3-12(9,10)8(2)5-4-6(7)11/h3-5H2,1-2H3,(H2,7,11).